The molecule has 2 aromatic rings. The van der Waals surface area contributed by atoms with E-state index in [1.165, 1.54) is 17.1 Å². The molecule has 3 nitrogen and oxygen atoms in total. The molecule has 1 aromatic heterocycles. The third-order valence-corrected chi connectivity index (χ3v) is 3.15. The standard InChI is InChI=1S/C13H17N3S/c1-9(2)8-14-13-15-12(16-17-13)11-7-5-4-6-10(11)3/h4-7,9H,8H2,1-3H3,(H,14,15,16). The molecule has 2 rings (SSSR count). The average Bonchev–Trinajstić information content (AvgIpc) is 2.75. The Kier molecular flexibility index (Phi) is 3.74. The normalized spacial score (nSPS) is 10.8. The molecule has 0 saturated carbocycles. The van der Waals surface area contributed by atoms with E-state index in [4.69, 9.17) is 0 Å². The van der Waals surface area contributed by atoms with E-state index in [-0.39, 0.29) is 0 Å². The van der Waals surface area contributed by atoms with Crippen molar-refractivity contribution in [2.45, 2.75) is 20.8 Å². The van der Waals surface area contributed by atoms with E-state index in [2.05, 4.69) is 47.6 Å². The monoisotopic (exact) mass is 247 g/mol. The lowest BCUT2D eigenvalue weighted by atomic mass is 10.1. The van der Waals surface area contributed by atoms with Gasteiger partial charge in [0.05, 0.1) is 0 Å². The number of hydrogen-bond acceptors (Lipinski definition) is 4. The van der Waals surface area contributed by atoms with Crippen molar-refractivity contribution < 1.29 is 0 Å². The van der Waals surface area contributed by atoms with Crippen LogP contribution < -0.4 is 5.32 Å². The van der Waals surface area contributed by atoms with E-state index in [0.717, 1.165) is 23.1 Å². The van der Waals surface area contributed by atoms with Gasteiger partial charge in [-0.15, -0.1) is 0 Å². The van der Waals surface area contributed by atoms with Crippen molar-refractivity contribution in [3.05, 3.63) is 29.8 Å². The summed E-state index contributed by atoms with van der Waals surface area (Å²) in [5.41, 5.74) is 2.32. The van der Waals surface area contributed by atoms with Crippen molar-refractivity contribution in [3.63, 3.8) is 0 Å². The molecule has 90 valence electrons. The van der Waals surface area contributed by atoms with Gasteiger partial charge in [0.15, 0.2) is 5.82 Å². The molecule has 4 heteroatoms. The third-order valence-electron chi connectivity index (χ3n) is 2.47. The lowest BCUT2D eigenvalue weighted by Gasteiger charge is -2.04. The highest BCUT2D eigenvalue weighted by atomic mass is 32.1. The highest BCUT2D eigenvalue weighted by molar-refractivity contribution is 7.09. The van der Waals surface area contributed by atoms with Crippen LogP contribution in [0.4, 0.5) is 5.13 Å². The van der Waals surface area contributed by atoms with E-state index in [0.29, 0.717) is 5.92 Å². The molecule has 0 amide bonds. The number of anilines is 1. The van der Waals surface area contributed by atoms with Gasteiger partial charge in [-0.05, 0) is 18.4 Å². The van der Waals surface area contributed by atoms with Crippen molar-refractivity contribution in [3.8, 4) is 11.4 Å². The van der Waals surface area contributed by atoms with Gasteiger partial charge in [-0.2, -0.15) is 9.36 Å². The van der Waals surface area contributed by atoms with Gasteiger partial charge in [0, 0.05) is 23.6 Å². The Morgan fingerprint density at radius 1 is 1.29 bits per heavy atom. The SMILES string of the molecule is Cc1ccccc1-c1nsc(NCC(C)C)n1. The van der Waals surface area contributed by atoms with Gasteiger partial charge in [-0.25, -0.2) is 0 Å². The fourth-order valence-electron chi connectivity index (χ4n) is 1.52. The summed E-state index contributed by atoms with van der Waals surface area (Å²) in [7, 11) is 0. The van der Waals surface area contributed by atoms with Crippen LogP contribution in [0, 0.1) is 12.8 Å². The zero-order valence-corrected chi connectivity index (χ0v) is 11.2. The van der Waals surface area contributed by atoms with Crippen LogP contribution in [-0.2, 0) is 0 Å². The quantitative estimate of drug-likeness (QED) is 0.897. The van der Waals surface area contributed by atoms with Gasteiger partial charge in [0.25, 0.3) is 0 Å². The zero-order chi connectivity index (χ0) is 12.3. The van der Waals surface area contributed by atoms with Gasteiger partial charge in [-0.1, -0.05) is 38.1 Å². The Bertz CT molecular complexity index is 491. The molecular weight excluding hydrogens is 230 g/mol. The summed E-state index contributed by atoms with van der Waals surface area (Å²) in [5.74, 6) is 1.43. The molecule has 17 heavy (non-hydrogen) atoms. The van der Waals surface area contributed by atoms with Crippen molar-refractivity contribution in [1.82, 2.24) is 9.36 Å². The first-order valence-electron chi connectivity index (χ1n) is 5.80. The number of hydrogen-bond donors (Lipinski definition) is 1. The Balaban J connectivity index is 2.16. The molecule has 0 saturated heterocycles. The van der Waals surface area contributed by atoms with Crippen LogP contribution in [0.5, 0.6) is 0 Å². The lowest BCUT2D eigenvalue weighted by molar-refractivity contribution is 0.688. The largest absolute Gasteiger partial charge is 0.360 e. The summed E-state index contributed by atoms with van der Waals surface area (Å²) in [6, 6.07) is 8.19. The number of aromatic nitrogens is 2. The lowest BCUT2D eigenvalue weighted by Crippen LogP contribution is -2.07. The smallest absolute Gasteiger partial charge is 0.202 e. The van der Waals surface area contributed by atoms with Crippen LogP contribution in [0.2, 0.25) is 0 Å². The summed E-state index contributed by atoms with van der Waals surface area (Å²) >= 11 is 1.42. The maximum Gasteiger partial charge on any atom is 0.202 e. The van der Waals surface area contributed by atoms with Crippen molar-refractivity contribution in [2.75, 3.05) is 11.9 Å². The van der Waals surface area contributed by atoms with Gasteiger partial charge in [-0.3, -0.25) is 0 Å². The number of benzene rings is 1. The van der Waals surface area contributed by atoms with Gasteiger partial charge in [0.2, 0.25) is 5.13 Å². The average molecular weight is 247 g/mol. The molecule has 1 aromatic carbocycles. The summed E-state index contributed by atoms with van der Waals surface area (Å²) < 4.78 is 4.39. The number of aryl methyl sites for hydroxylation is 1. The van der Waals surface area contributed by atoms with Crippen LogP contribution in [0.1, 0.15) is 19.4 Å². The van der Waals surface area contributed by atoms with E-state index in [1.54, 1.807) is 0 Å². The maximum atomic E-state index is 4.51. The Hall–Kier alpha value is -1.42. The Morgan fingerprint density at radius 3 is 2.76 bits per heavy atom. The molecule has 0 fully saturated rings. The summed E-state index contributed by atoms with van der Waals surface area (Å²) in [5, 5.41) is 4.20. The minimum Gasteiger partial charge on any atom is -0.360 e. The predicted octanol–water partition coefficient (Wildman–Crippen LogP) is 3.58. The summed E-state index contributed by atoms with van der Waals surface area (Å²) in [4.78, 5) is 4.51. The van der Waals surface area contributed by atoms with Gasteiger partial charge < -0.3 is 5.32 Å². The molecule has 1 heterocycles. The molecule has 0 unspecified atom stereocenters. The molecule has 0 aliphatic carbocycles. The summed E-state index contributed by atoms with van der Waals surface area (Å²) in [6.45, 7) is 7.37. The number of rotatable bonds is 4. The van der Waals surface area contributed by atoms with Crippen LogP contribution in [0.25, 0.3) is 11.4 Å². The number of nitrogens with zero attached hydrogens (tertiary/aromatic N) is 2. The minimum absolute atomic E-state index is 0.612. The summed E-state index contributed by atoms with van der Waals surface area (Å²) in [6.07, 6.45) is 0. The molecule has 0 atom stereocenters. The highest BCUT2D eigenvalue weighted by Crippen LogP contribution is 2.23. The molecule has 0 aliphatic heterocycles. The van der Waals surface area contributed by atoms with Crippen LogP contribution in [-0.4, -0.2) is 15.9 Å². The fraction of sp³-hybridized carbons (Fsp3) is 0.385. The molecule has 1 N–H and O–H groups in total. The van der Waals surface area contributed by atoms with Crippen molar-refractivity contribution in [1.29, 1.82) is 0 Å². The van der Waals surface area contributed by atoms with E-state index in [9.17, 15) is 0 Å². The van der Waals surface area contributed by atoms with E-state index >= 15 is 0 Å². The molecule has 0 bridgehead atoms. The topological polar surface area (TPSA) is 37.8 Å². The first-order chi connectivity index (χ1) is 8.16. The minimum atomic E-state index is 0.612. The Labute approximate surface area is 106 Å². The molecule has 0 radical (unpaired) electrons. The predicted molar refractivity (Wildman–Crippen MR) is 73.4 cm³/mol. The van der Waals surface area contributed by atoms with E-state index in [1.807, 2.05) is 12.1 Å². The highest BCUT2D eigenvalue weighted by Gasteiger charge is 2.08. The second-order valence-corrected chi connectivity index (χ2v) is 5.26. The molecule has 0 aliphatic rings. The Morgan fingerprint density at radius 2 is 2.06 bits per heavy atom. The first kappa shape index (κ1) is 12.0. The van der Waals surface area contributed by atoms with Crippen LogP contribution in [0.3, 0.4) is 0 Å². The maximum absolute atomic E-state index is 4.51. The van der Waals surface area contributed by atoms with Crippen LogP contribution in [0.15, 0.2) is 24.3 Å². The van der Waals surface area contributed by atoms with Crippen LogP contribution >= 0.6 is 11.5 Å². The van der Waals surface area contributed by atoms with E-state index < -0.39 is 0 Å². The zero-order valence-electron chi connectivity index (χ0n) is 10.4. The third kappa shape index (κ3) is 3.03. The molecule has 0 spiro atoms. The molecular formula is C13H17N3S. The second kappa shape index (κ2) is 5.27. The fourth-order valence-corrected chi connectivity index (χ4v) is 2.11. The van der Waals surface area contributed by atoms with Crippen molar-refractivity contribution in [2.24, 2.45) is 5.92 Å². The second-order valence-electron chi connectivity index (χ2n) is 4.51. The van der Waals surface area contributed by atoms with Crippen molar-refractivity contribution >= 4 is 16.7 Å². The van der Waals surface area contributed by atoms with Gasteiger partial charge >= 0.3 is 0 Å². The number of nitrogens with one attached hydrogen (secondary N) is 1. The first-order valence-corrected chi connectivity index (χ1v) is 6.57. The van der Waals surface area contributed by atoms with Gasteiger partial charge in [0.1, 0.15) is 0 Å².